The first-order valence-corrected chi connectivity index (χ1v) is 10.9. The maximum absolute atomic E-state index is 12.5. The van der Waals surface area contributed by atoms with Crippen molar-refractivity contribution in [1.82, 2.24) is 10.2 Å². The Labute approximate surface area is 183 Å². The van der Waals surface area contributed by atoms with Gasteiger partial charge in [-0.05, 0) is 46.7 Å². The summed E-state index contributed by atoms with van der Waals surface area (Å²) < 4.78 is 0. The molecule has 1 saturated heterocycles. The summed E-state index contributed by atoms with van der Waals surface area (Å²) in [6.07, 6.45) is 2.01. The molecule has 3 aromatic carbocycles. The van der Waals surface area contributed by atoms with E-state index in [2.05, 4.69) is 41.7 Å². The van der Waals surface area contributed by atoms with Gasteiger partial charge in [-0.1, -0.05) is 72.8 Å². The van der Waals surface area contributed by atoms with Crippen LogP contribution in [0.1, 0.15) is 35.1 Å². The van der Waals surface area contributed by atoms with Crippen molar-refractivity contribution in [2.75, 3.05) is 6.54 Å². The molecule has 4 heteroatoms. The van der Waals surface area contributed by atoms with Gasteiger partial charge in [0.25, 0.3) is 0 Å². The van der Waals surface area contributed by atoms with E-state index in [1.54, 1.807) is 0 Å². The van der Waals surface area contributed by atoms with E-state index >= 15 is 0 Å². The molecule has 1 aliphatic heterocycles. The molecule has 0 atom stereocenters. The second-order valence-electron chi connectivity index (χ2n) is 8.15. The van der Waals surface area contributed by atoms with Crippen molar-refractivity contribution in [1.29, 1.82) is 0 Å². The van der Waals surface area contributed by atoms with Crippen LogP contribution >= 0.6 is 0 Å². The Balaban J connectivity index is 1.41. The molecule has 1 aliphatic rings. The highest BCUT2D eigenvalue weighted by atomic mass is 16.2. The maximum Gasteiger partial charge on any atom is 0.224 e. The number of likely N-dealkylation sites (tertiary alicyclic amines) is 1. The molecule has 0 aliphatic carbocycles. The van der Waals surface area contributed by atoms with Crippen LogP contribution in [0.3, 0.4) is 0 Å². The van der Waals surface area contributed by atoms with Crippen LogP contribution in [0.15, 0.2) is 72.8 Å². The van der Waals surface area contributed by atoms with Crippen molar-refractivity contribution in [3.05, 3.63) is 95.1 Å². The van der Waals surface area contributed by atoms with Gasteiger partial charge >= 0.3 is 0 Å². The van der Waals surface area contributed by atoms with E-state index in [4.69, 9.17) is 0 Å². The maximum atomic E-state index is 12.5. The third-order valence-corrected chi connectivity index (χ3v) is 5.92. The predicted octanol–water partition coefficient (Wildman–Crippen LogP) is 4.64. The van der Waals surface area contributed by atoms with Crippen molar-refractivity contribution in [3.63, 3.8) is 0 Å². The molecule has 31 heavy (non-hydrogen) atoms. The number of amides is 2. The second-order valence-corrected chi connectivity index (χ2v) is 8.15. The molecule has 3 aromatic rings. The van der Waals surface area contributed by atoms with Gasteiger partial charge in [-0.15, -0.1) is 0 Å². The van der Waals surface area contributed by atoms with Crippen molar-refractivity contribution < 1.29 is 9.59 Å². The molecule has 2 amide bonds. The number of nitrogens with one attached hydrogen (secondary N) is 1. The van der Waals surface area contributed by atoms with Crippen LogP contribution in [-0.2, 0) is 29.1 Å². The lowest BCUT2D eigenvalue weighted by Crippen LogP contribution is -2.25. The highest BCUT2D eigenvalue weighted by Crippen LogP contribution is 2.25. The summed E-state index contributed by atoms with van der Waals surface area (Å²) in [6, 6.07) is 24.5. The van der Waals surface area contributed by atoms with Gasteiger partial charge in [-0.3, -0.25) is 9.59 Å². The van der Waals surface area contributed by atoms with E-state index in [0.29, 0.717) is 25.9 Å². The van der Waals surface area contributed by atoms with Gasteiger partial charge in [0.1, 0.15) is 0 Å². The van der Waals surface area contributed by atoms with Crippen LogP contribution in [0.2, 0.25) is 0 Å². The highest BCUT2D eigenvalue weighted by molar-refractivity contribution is 5.79. The van der Waals surface area contributed by atoms with Gasteiger partial charge in [0.2, 0.25) is 11.8 Å². The quantitative estimate of drug-likeness (QED) is 0.614. The van der Waals surface area contributed by atoms with E-state index in [1.807, 2.05) is 48.2 Å². The fourth-order valence-electron chi connectivity index (χ4n) is 4.08. The number of aryl methyl sites for hydroxylation is 1. The molecule has 0 saturated carbocycles. The predicted molar refractivity (Wildman–Crippen MR) is 123 cm³/mol. The number of carbonyl (C=O) groups is 2. The zero-order valence-electron chi connectivity index (χ0n) is 17.9. The fourth-order valence-corrected chi connectivity index (χ4v) is 4.08. The third kappa shape index (κ3) is 5.21. The molecule has 0 aromatic heterocycles. The van der Waals surface area contributed by atoms with E-state index in [1.165, 1.54) is 0 Å². The van der Waals surface area contributed by atoms with Crippen LogP contribution in [0, 0.1) is 6.92 Å². The second kappa shape index (κ2) is 9.61. The van der Waals surface area contributed by atoms with Crippen LogP contribution in [-0.4, -0.2) is 23.3 Å². The van der Waals surface area contributed by atoms with Crippen molar-refractivity contribution in [2.24, 2.45) is 0 Å². The SMILES string of the molecule is Cc1ccccc1CC(=O)NCc1ccccc1-c1ccc(CN2CCCC2=O)cc1. The van der Waals surface area contributed by atoms with Gasteiger partial charge in [0.05, 0.1) is 6.42 Å². The van der Waals surface area contributed by atoms with Gasteiger partial charge in [0, 0.05) is 26.1 Å². The van der Waals surface area contributed by atoms with Gasteiger partial charge in [-0.25, -0.2) is 0 Å². The smallest absolute Gasteiger partial charge is 0.224 e. The number of carbonyl (C=O) groups excluding carboxylic acids is 2. The molecule has 0 bridgehead atoms. The summed E-state index contributed by atoms with van der Waals surface area (Å²) in [6.45, 7) is 4.05. The number of hydrogen-bond donors (Lipinski definition) is 1. The topological polar surface area (TPSA) is 49.4 Å². The minimum Gasteiger partial charge on any atom is -0.352 e. The van der Waals surface area contributed by atoms with Gasteiger partial charge < -0.3 is 10.2 Å². The Kier molecular flexibility index (Phi) is 6.46. The summed E-state index contributed by atoms with van der Waals surface area (Å²) in [4.78, 5) is 26.3. The molecule has 0 spiro atoms. The van der Waals surface area contributed by atoms with Crippen molar-refractivity contribution in [3.8, 4) is 11.1 Å². The Morgan fingerprint density at radius 3 is 2.35 bits per heavy atom. The van der Waals surface area contributed by atoms with E-state index in [-0.39, 0.29) is 11.8 Å². The molecule has 1 N–H and O–H groups in total. The molecule has 0 unspecified atom stereocenters. The Bertz CT molecular complexity index is 1070. The summed E-state index contributed by atoms with van der Waals surface area (Å²) in [5.41, 5.74) is 6.64. The third-order valence-electron chi connectivity index (χ3n) is 5.92. The number of rotatable bonds is 7. The molecule has 4 rings (SSSR count). The average molecular weight is 413 g/mol. The Hall–Kier alpha value is -3.40. The van der Waals surface area contributed by atoms with Gasteiger partial charge in [0.15, 0.2) is 0 Å². The van der Waals surface area contributed by atoms with Crippen molar-refractivity contribution >= 4 is 11.8 Å². The van der Waals surface area contributed by atoms with Crippen molar-refractivity contribution in [2.45, 2.75) is 39.3 Å². The fraction of sp³-hybridized carbons (Fsp3) is 0.259. The summed E-state index contributed by atoms with van der Waals surface area (Å²) in [5, 5.41) is 3.07. The van der Waals surface area contributed by atoms with E-state index in [0.717, 1.165) is 46.3 Å². The Morgan fingerprint density at radius 1 is 0.935 bits per heavy atom. The largest absolute Gasteiger partial charge is 0.352 e. The number of hydrogen-bond acceptors (Lipinski definition) is 2. The zero-order valence-corrected chi connectivity index (χ0v) is 17.9. The van der Waals surface area contributed by atoms with Crippen LogP contribution in [0.4, 0.5) is 0 Å². The molecule has 1 fully saturated rings. The molecule has 4 nitrogen and oxygen atoms in total. The first kappa shape index (κ1) is 20.9. The summed E-state index contributed by atoms with van der Waals surface area (Å²) in [7, 11) is 0. The lowest BCUT2D eigenvalue weighted by Gasteiger charge is -2.16. The van der Waals surface area contributed by atoms with E-state index in [9.17, 15) is 9.59 Å². The number of benzene rings is 3. The first-order chi connectivity index (χ1) is 15.1. The van der Waals surface area contributed by atoms with Crippen LogP contribution < -0.4 is 5.32 Å². The van der Waals surface area contributed by atoms with Crippen LogP contribution in [0.25, 0.3) is 11.1 Å². The molecule has 0 radical (unpaired) electrons. The molecular weight excluding hydrogens is 384 g/mol. The number of nitrogens with zero attached hydrogens (tertiary/aromatic N) is 1. The zero-order chi connectivity index (χ0) is 21.6. The molecule has 1 heterocycles. The lowest BCUT2D eigenvalue weighted by atomic mass is 9.98. The van der Waals surface area contributed by atoms with Gasteiger partial charge in [-0.2, -0.15) is 0 Å². The lowest BCUT2D eigenvalue weighted by molar-refractivity contribution is -0.128. The summed E-state index contributed by atoms with van der Waals surface area (Å²) >= 11 is 0. The normalized spacial score (nSPS) is 13.5. The first-order valence-electron chi connectivity index (χ1n) is 10.9. The highest BCUT2D eigenvalue weighted by Gasteiger charge is 2.19. The minimum atomic E-state index is 0.0229. The van der Waals surface area contributed by atoms with Crippen LogP contribution in [0.5, 0.6) is 0 Å². The molecular formula is C27H28N2O2. The molecule has 158 valence electrons. The standard InChI is InChI=1S/C27H28N2O2/c1-20-7-2-3-8-23(20)17-26(30)28-18-24-9-4-5-10-25(24)22-14-12-21(13-15-22)19-29-16-6-11-27(29)31/h2-5,7-10,12-15H,6,11,16-19H2,1H3,(H,28,30). The monoisotopic (exact) mass is 412 g/mol. The summed E-state index contributed by atoms with van der Waals surface area (Å²) in [5.74, 6) is 0.269. The Morgan fingerprint density at radius 2 is 1.65 bits per heavy atom. The average Bonchev–Trinajstić information content (AvgIpc) is 3.19. The van der Waals surface area contributed by atoms with E-state index < -0.39 is 0 Å². The minimum absolute atomic E-state index is 0.0229.